The first-order chi connectivity index (χ1) is 16.5. The normalized spacial score (nSPS) is 11.9. The van der Waals surface area contributed by atoms with Gasteiger partial charge in [0.25, 0.3) is 17.7 Å². The first-order valence-electron chi connectivity index (χ1n) is 11.2. The van der Waals surface area contributed by atoms with E-state index in [2.05, 4.69) is 16.0 Å². The van der Waals surface area contributed by atoms with E-state index in [-0.39, 0.29) is 28.8 Å². The van der Waals surface area contributed by atoms with Crippen LogP contribution in [0.5, 0.6) is 0 Å². The third kappa shape index (κ3) is 7.46. The second-order valence-electron chi connectivity index (χ2n) is 8.02. The lowest BCUT2D eigenvalue weighted by Gasteiger charge is -2.25. The van der Waals surface area contributed by atoms with Crippen LogP contribution in [0.4, 0.5) is 5.69 Å². The molecule has 1 aromatic rings. The summed E-state index contributed by atoms with van der Waals surface area (Å²) in [4.78, 5) is 50.3. The van der Waals surface area contributed by atoms with E-state index < -0.39 is 68.3 Å². The maximum Gasteiger partial charge on any atom is 0.303 e. The molecule has 196 valence electrons. The molecule has 1 rings (SSSR count). The Kier molecular flexibility index (Phi) is 11.8. The second kappa shape index (κ2) is 13.7. The predicted octanol–water partition coefficient (Wildman–Crippen LogP) is -1.08. The van der Waals surface area contributed by atoms with Crippen molar-refractivity contribution in [3.05, 3.63) is 27.8 Å². The number of rotatable bonds is 12. The van der Waals surface area contributed by atoms with Crippen LogP contribution in [0.1, 0.15) is 58.2 Å². The third-order valence-electron chi connectivity index (χ3n) is 5.42. The number of benzene rings is 1. The third-order valence-corrected chi connectivity index (χ3v) is 5.42. The highest BCUT2D eigenvalue weighted by atomic mass is 16.5. The second-order valence-corrected chi connectivity index (χ2v) is 8.02. The molecule has 0 aliphatic heterocycles. The van der Waals surface area contributed by atoms with Gasteiger partial charge in [0.2, 0.25) is 0 Å². The van der Waals surface area contributed by atoms with Gasteiger partial charge in [0.15, 0.2) is 6.10 Å². The summed E-state index contributed by atoms with van der Waals surface area (Å²) in [7, 11) is 0. The number of nitrogens with one attached hydrogen (secondary N) is 3. The summed E-state index contributed by atoms with van der Waals surface area (Å²) >= 11 is 0. The van der Waals surface area contributed by atoms with Gasteiger partial charge in [0.05, 0.1) is 38.5 Å². The summed E-state index contributed by atoms with van der Waals surface area (Å²) in [6, 6.07) is -1.92. The maximum absolute atomic E-state index is 13.2. The molecule has 3 amide bonds. The highest BCUT2D eigenvalue weighted by molar-refractivity contribution is 6.08. The summed E-state index contributed by atoms with van der Waals surface area (Å²) in [5.74, 6) is -2.74. The maximum atomic E-state index is 13.2. The molecule has 0 aliphatic rings. The summed E-state index contributed by atoms with van der Waals surface area (Å²) in [6.07, 6.45) is -0.906. The fourth-order valence-electron chi connectivity index (χ4n) is 3.62. The van der Waals surface area contributed by atoms with Crippen LogP contribution < -0.4 is 16.0 Å². The highest BCUT2D eigenvalue weighted by Crippen LogP contribution is 2.33. The average Bonchev–Trinajstić information content (AvgIpc) is 2.81. The zero-order valence-electron chi connectivity index (χ0n) is 20.6. The lowest BCUT2D eigenvalue weighted by atomic mass is 9.88. The van der Waals surface area contributed by atoms with Crippen LogP contribution in [0, 0.1) is 13.8 Å². The molecule has 0 fully saturated rings. The van der Waals surface area contributed by atoms with Crippen molar-refractivity contribution in [2.24, 2.45) is 0 Å². The molecule has 35 heavy (non-hydrogen) atoms. The SMILES string of the molecule is CCc1c(NC(=O)C(C)OC(C)=O)c(C)c(C(=O)NC(CO)CO)c(C)c1C(=O)NC(CO)CO. The Morgan fingerprint density at radius 2 is 1.29 bits per heavy atom. The van der Waals surface area contributed by atoms with Crippen molar-refractivity contribution in [1.82, 2.24) is 10.6 Å². The van der Waals surface area contributed by atoms with Crippen LogP contribution in [0.2, 0.25) is 0 Å². The minimum atomic E-state index is -1.16. The quantitative estimate of drug-likeness (QED) is 0.176. The standard InChI is InChI=1S/C23H35N3O9/c1-6-17-19(23(34)25-16(9-29)10-30)11(2)18(22(33)24-15(7-27)8-28)12(3)20(17)26-21(32)13(4)35-14(5)31/h13,15-16,27-30H,6-10H2,1-5H3,(H,24,33)(H,25,34)(H,26,32). The Labute approximate surface area is 203 Å². The number of esters is 1. The Balaban J connectivity index is 3.76. The topological polar surface area (TPSA) is 195 Å². The Morgan fingerprint density at radius 1 is 0.829 bits per heavy atom. The minimum Gasteiger partial charge on any atom is -0.453 e. The molecule has 1 atom stereocenters. The number of carbonyl (C=O) groups excluding carboxylic acids is 4. The van der Waals surface area contributed by atoms with Gasteiger partial charge in [0, 0.05) is 23.7 Å². The van der Waals surface area contributed by atoms with Gasteiger partial charge >= 0.3 is 5.97 Å². The van der Waals surface area contributed by atoms with E-state index >= 15 is 0 Å². The molecule has 0 aliphatic carbocycles. The molecule has 12 heteroatoms. The lowest BCUT2D eigenvalue weighted by Crippen LogP contribution is -2.42. The fraction of sp³-hybridized carbons (Fsp3) is 0.565. The number of hydrogen-bond donors (Lipinski definition) is 7. The van der Waals surface area contributed by atoms with Crippen LogP contribution in [0.25, 0.3) is 0 Å². The van der Waals surface area contributed by atoms with Gasteiger partial charge in [-0.3, -0.25) is 19.2 Å². The summed E-state index contributed by atoms with van der Waals surface area (Å²) < 4.78 is 4.92. The van der Waals surface area contributed by atoms with Crippen LogP contribution in [-0.4, -0.2) is 88.7 Å². The predicted molar refractivity (Wildman–Crippen MR) is 126 cm³/mol. The molecule has 1 unspecified atom stereocenters. The van der Waals surface area contributed by atoms with Crippen LogP contribution in [0.3, 0.4) is 0 Å². The van der Waals surface area contributed by atoms with E-state index in [1.807, 2.05) is 0 Å². The molecule has 0 saturated heterocycles. The van der Waals surface area contributed by atoms with Crippen LogP contribution >= 0.6 is 0 Å². The van der Waals surface area contributed by atoms with E-state index in [9.17, 15) is 39.6 Å². The lowest BCUT2D eigenvalue weighted by molar-refractivity contribution is -0.150. The molecule has 0 spiro atoms. The highest BCUT2D eigenvalue weighted by Gasteiger charge is 2.29. The Bertz CT molecular complexity index is 941. The largest absolute Gasteiger partial charge is 0.453 e. The molecule has 0 heterocycles. The first-order valence-corrected chi connectivity index (χ1v) is 11.2. The van der Waals surface area contributed by atoms with E-state index in [1.165, 1.54) is 13.8 Å². The van der Waals surface area contributed by atoms with Gasteiger partial charge < -0.3 is 41.1 Å². The van der Waals surface area contributed by atoms with Gasteiger partial charge in [0.1, 0.15) is 0 Å². The number of aliphatic hydroxyl groups is 4. The number of anilines is 1. The molecule has 0 saturated carbocycles. The van der Waals surface area contributed by atoms with E-state index in [1.54, 1.807) is 13.8 Å². The molecular formula is C23H35N3O9. The molecule has 7 N–H and O–H groups in total. The average molecular weight is 498 g/mol. The first kappa shape index (κ1) is 30.0. The monoisotopic (exact) mass is 497 g/mol. The number of hydrogen-bond acceptors (Lipinski definition) is 9. The van der Waals surface area contributed by atoms with Crippen molar-refractivity contribution in [2.45, 2.75) is 59.2 Å². The number of aliphatic hydroxyl groups excluding tert-OH is 4. The van der Waals surface area contributed by atoms with E-state index in [0.29, 0.717) is 11.1 Å². The number of carbonyl (C=O) groups is 4. The van der Waals surface area contributed by atoms with Gasteiger partial charge in [-0.15, -0.1) is 0 Å². The van der Waals surface area contributed by atoms with Crippen LogP contribution in [0.15, 0.2) is 0 Å². The van der Waals surface area contributed by atoms with Crippen molar-refractivity contribution in [3.63, 3.8) is 0 Å². The van der Waals surface area contributed by atoms with Gasteiger partial charge in [-0.1, -0.05) is 6.92 Å². The Hall–Kier alpha value is -3.06. The van der Waals surface area contributed by atoms with E-state index in [4.69, 9.17) is 4.74 Å². The van der Waals surface area contributed by atoms with Crippen molar-refractivity contribution in [2.75, 3.05) is 31.7 Å². The van der Waals surface area contributed by atoms with Crippen molar-refractivity contribution < 1.29 is 44.3 Å². The minimum absolute atomic E-state index is 0.0271. The molecule has 0 aromatic heterocycles. The van der Waals surface area contributed by atoms with Gasteiger partial charge in [-0.25, -0.2) is 0 Å². The van der Waals surface area contributed by atoms with Crippen LogP contribution in [-0.2, 0) is 20.7 Å². The molecule has 12 nitrogen and oxygen atoms in total. The van der Waals surface area contributed by atoms with Crippen molar-refractivity contribution in [1.29, 1.82) is 0 Å². The van der Waals surface area contributed by atoms with Crippen molar-refractivity contribution in [3.8, 4) is 0 Å². The summed E-state index contributed by atoms with van der Waals surface area (Å²) in [6.45, 7) is 5.24. The van der Waals surface area contributed by atoms with E-state index in [0.717, 1.165) is 6.92 Å². The van der Waals surface area contributed by atoms with Gasteiger partial charge in [-0.2, -0.15) is 0 Å². The molecular weight excluding hydrogens is 462 g/mol. The molecule has 0 radical (unpaired) electrons. The fourth-order valence-corrected chi connectivity index (χ4v) is 3.62. The number of amides is 3. The number of ether oxygens (including phenoxy) is 1. The Morgan fingerprint density at radius 3 is 1.69 bits per heavy atom. The van der Waals surface area contributed by atoms with Crippen molar-refractivity contribution >= 4 is 29.4 Å². The zero-order chi connectivity index (χ0) is 26.9. The summed E-state index contributed by atoms with van der Waals surface area (Å²) in [5, 5.41) is 45.1. The summed E-state index contributed by atoms with van der Waals surface area (Å²) in [5.41, 5.74) is 1.19. The smallest absolute Gasteiger partial charge is 0.303 e. The van der Waals surface area contributed by atoms with Gasteiger partial charge in [-0.05, 0) is 43.9 Å². The molecule has 1 aromatic carbocycles. The molecule has 0 bridgehead atoms. The zero-order valence-corrected chi connectivity index (χ0v) is 20.6.